The molecule has 0 aliphatic heterocycles. The normalized spacial score (nSPS) is 12.1. The first kappa shape index (κ1) is 28.0. The van der Waals surface area contributed by atoms with Crippen molar-refractivity contribution < 1.29 is 30.9 Å². The van der Waals surface area contributed by atoms with Crippen LogP contribution in [0.4, 0.5) is 13.2 Å². The molecule has 4 rings (SSSR count). The number of hydrogen-bond donors (Lipinski definition) is 1. The highest BCUT2D eigenvalue weighted by molar-refractivity contribution is 7.98. The van der Waals surface area contributed by atoms with Crippen LogP contribution in [0.25, 0.3) is 5.69 Å². The lowest BCUT2D eigenvalue weighted by molar-refractivity contribution is 0.384. The Morgan fingerprint density at radius 2 is 1.74 bits per heavy atom. The van der Waals surface area contributed by atoms with Crippen molar-refractivity contribution in [2.75, 3.05) is 7.11 Å². The molecule has 0 spiro atoms. The van der Waals surface area contributed by atoms with Crippen LogP contribution in [0.15, 0.2) is 70.8 Å². The van der Waals surface area contributed by atoms with Crippen LogP contribution in [-0.4, -0.2) is 29.6 Å². The van der Waals surface area contributed by atoms with Crippen LogP contribution in [0.5, 0.6) is 5.75 Å². The van der Waals surface area contributed by atoms with E-state index in [1.54, 1.807) is 35.0 Å². The second-order valence-electron chi connectivity index (χ2n) is 8.84. The van der Waals surface area contributed by atoms with Gasteiger partial charge in [0.15, 0.2) is 16.7 Å². The summed E-state index contributed by atoms with van der Waals surface area (Å²) >= 11 is 7.26. The molecule has 0 unspecified atom stereocenters. The minimum atomic E-state index is -4.64. The standard InChI is InChI=1S/C26H22ClF3N2O4S2/c1-26(2,15-4-9-21(29)23(10-15)36-3)24-13-31-25(32(24)17-7-5-16(28)6-8-17)37-14-19-20(27)11-18(12-22(19)30)38(33,34)35/h4-13H,14H2,1-3H3,(H,33,34,35). The SMILES string of the molecule is COc1cc(C(C)(C)c2cnc(SCc3c(F)cc(S(=O)(=O)O)cc3Cl)n2-c2ccc(F)cc2)ccc1F. The van der Waals surface area contributed by atoms with Gasteiger partial charge < -0.3 is 4.74 Å². The molecule has 6 nitrogen and oxygen atoms in total. The monoisotopic (exact) mass is 582 g/mol. The van der Waals surface area contributed by atoms with Crippen LogP contribution in [0, 0.1) is 17.5 Å². The highest BCUT2D eigenvalue weighted by atomic mass is 35.5. The van der Waals surface area contributed by atoms with Gasteiger partial charge in [0.2, 0.25) is 0 Å². The Kier molecular flexibility index (Phi) is 7.85. The minimum Gasteiger partial charge on any atom is -0.494 e. The van der Waals surface area contributed by atoms with Gasteiger partial charge in [0.1, 0.15) is 11.6 Å². The number of hydrogen-bond acceptors (Lipinski definition) is 5. The number of rotatable bonds is 8. The van der Waals surface area contributed by atoms with Crippen molar-refractivity contribution in [2.24, 2.45) is 0 Å². The Balaban J connectivity index is 1.78. The minimum absolute atomic E-state index is 0.0156. The van der Waals surface area contributed by atoms with Gasteiger partial charge in [-0.05, 0) is 54.1 Å². The molecular weight excluding hydrogens is 561 g/mol. The lowest BCUT2D eigenvalue weighted by Crippen LogP contribution is -2.23. The zero-order valence-electron chi connectivity index (χ0n) is 20.4. The quantitative estimate of drug-likeness (QED) is 0.181. The summed E-state index contributed by atoms with van der Waals surface area (Å²) in [6, 6.07) is 11.9. The van der Waals surface area contributed by atoms with E-state index in [9.17, 15) is 26.1 Å². The molecule has 0 saturated carbocycles. The molecule has 1 aromatic heterocycles. The predicted octanol–water partition coefficient (Wildman–Crippen LogP) is 6.82. The Morgan fingerprint density at radius 3 is 2.34 bits per heavy atom. The molecule has 0 radical (unpaired) electrons. The summed E-state index contributed by atoms with van der Waals surface area (Å²) in [5, 5.41) is 0.243. The molecule has 3 aromatic carbocycles. The average Bonchev–Trinajstić information content (AvgIpc) is 3.28. The first-order chi connectivity index (χ1) is 17.8. The first-order valence-corrected chi connectivity index (χ1v) is 13.9. The predicted molar refractivity (Wildman–Crippen MR) is 139 cm³/mol. The highest BCUT2D eigenvalue weighted by Crippen LogP contribution is 2.39. The summed E-state index contributed by atoms with van der Waals surface area (Å²) in [7, 11) is -3.26. The maximum absolute atomic E-state index is 14.7. The molecule has 0 saturated heterocycles. The van der Waals surface area contributed by atoms with Gasteiger partial charge in [-0.15, -0.1) is 0 Å². The summed E-state index contributed by atoms with van der Waals surface area (Å²) in [5.41, 5.74) is 1.26. The number of aromatic nitrogens is 2. The van der Waals surface area contributed by atoms with Gasteiger partial charge in [-0.2, -0.15) is 8.42 Å². The number of benzene rings is 3. The number of methoxy groups -OCH3 is 1. The summed E-state index contributed by atoms with van der Waals surface area (Å²) in [6.45, 7) is 3.82. The lowest BCUT2D eigenvalue weighted by atomic mass is 9.81. The van der Waals surface area contributed by atoms with Crippen molar-refractivity contribution in [3.05, 3.63) is 100 Å². The summed E-state index contributed by atoms with van der Waals surface area (Å²) < 4.78 is 81.5. The molecule has 12 heteroatoms. The molecule has 0 aliphatic rings. The molecule has 0 aliphatic carbocycles. The van der Waals surface area contributed by atoms with Crippen molar-refractivity contribution >= 4 is 33.5 Å². The molecule has 0 bridgehead atoms. The fourth-order valence-electron chi connectivity index (χ4n) is 3.92. The second-order valence-corrected chi connectivity index (χ2v) is 11.6. The van der Waals surface area contributed by atoms with Crippen molar-refractivity contribution in [3.8, 4) is 11.4 Å². The van der Waals surface area contributed by atoms with Gasteiger partial charge in [0.05, 0.1) is 23.9 Å². The number of ether oxygens (including phenoxy) is 1. The van der Waals surface area contributed by atoms with Gasteiger partial charge >= 0.3 is 0 Å². The van der Waals surface area contributed by atoms with E-state index < -0.39 is 37.9 Å². The van der Waals surface area contributed by atoms with E-state index in [4.69, 9.17) is 16.3 Å². The maximum atomic E-state index is 14.7. The largest absolute Gasteiger partial charge is 0.494 e. The van der Waals surface area contributed by atoms with E-state index in [1.807, 2.05) is 13.8 Å². The third-order valence-corrected chi connectivity index (χ3v) is 8.23. The summed E-state index contributed by atoms with van der Waals surface area (Å²) in [4.78, 5) is 3.87. The number of halogens is 4. The molecule has 0 atom stereocenters. The van der Waals surface area contributed by atoms with Crippen molar-refractivity contribution in [2.45, 2.75) is 35.1 Å². The first-order valence-electron chi connectivity index (χ1n) is 11.1. The Morgan fingerprint density at radius 1 is 1.05 bits per heavy atom. The van der Waals surface area contributed by atoms with Crippen LogP contribution in [0.2, 0.25) is 5.02 Å². The van der Waals surface area contributed by atoms with Crippen molar-refractivity contribution in [3.63, 3.8) is 0 Å². The van der Waals surface area contributed by atoms with Gasteiger partial charge in [-0.1, -0.05) is 43.3 Å². The number of nitrogens with zero attached hydrogens (tertiary/aromatic N) is 2. The fourth-order valence-corrected chi connectivity index (χ4v) is 5.88. The molecule has 200 valence electrons. The van der Waals surface area contributed by atoms with Gasteiger partial charge in [-0.3, -0.25) is 9.12 Å². The Hall–Kier alpha value is -2.99. The van der Waals surface area contributed by atoms with Gasteiger partial charge in [-0.25, -0.2) is 18.2 Å². The average molecular weight is 583 g/mol. The topological polar surface area (TPSA) is 81.4 Å². The van der Waals surface area contributed by atoms with Crippen LogP contribution < -0.4 is 4.74 Å². The summed E-state index contributed by atoms with van der Waals surface area (Å²) in [6.07, 6.45) is 1.63. The molecular formula is C26H22ClF3N2O4S2. The van der Waals surface area contributed by atoms with Gasteiger partial charge in [0.25, 0.3) is 10.1 Å². The van der Waals surface area contributed by atoms with Crippen LogP contribution in [0.3, 0.4) is 0 Å². The smallest absolute Gasteiger partial charge is 0.294 e. The van der Waals surface area contributed by atoms with Crippen LogP contribution >= 0.6 is 23.4 Å². The van der Waals surface area contributed by atoms with Crippen molar-refractivity contribution in [1.82, 2.24) is 9.55 Å². The molecule has 38 heavy (non-hydrogen) atoms. The number of imidazole rings is 1. The van der Waals surface area contributed by atoms with E-state index in [0.717, 1.165) is 23.4 Å². The van der Waals surface area contributed by atoms with Crippen LogP contribution in [-0.2, 0) is 21.3 Å². The third-order valence-electron chi connectivity index (χ3n) is 6.09. The highest BCUT2D eigenvalue weighted by Gasteiger charge is 2.30. The number of thioether (sulfide) groups is 1. The molecule has 1 N–H and O–H groups in total. The lowest BCUT2D eigenvalue weighted by Gasteiger charge is -2.28. The summed E-state index contributed by atoms with van der Waals surface area (Å²) in [5.74, 6) is -1.79. The van der Waals surface area contributed by atoms with Crippen molar-refractivity contribution in [1.29, 1.82) is 0 Å². The van der Waals surface area contributed by atoms with E-state index in [2.05, 4.69) is 4.98 Å². The maximum Gasteiger partial charge on any atom is 0.294 e. The Labute approximate surface area is 227 Å². The van der Waals surface area contributed by atoms with E-state index in [1.165, 1.54) is 25.3 Å². The van der Waals surface area contributed by atoms with E-state index in [-0.39, 0.29) is 22.1 Å². The van der Waals surface area contributed by atoms with Crippen LogP contribution in [0.1, 0.15) is 30.7 Å². The van der Waals surface area contributed by atoms with Gasteiger partial charge in [0, 0.05) is 27.4 Å². The zero-order chi connectivity index (χ0) is 27.8. The van der Waals surface area contributed by atoms with E-state index >= 15 is 0 Å². The third kappa shape index (κ3) is 5.56. The molecule has 1 heterocycles. The molecule has 4 aromatic rings. The molecule has 0 amide bonds. The fraction of sp³-hybridized carbons (Fsp3) is 0.192. The second kappa shape index (κ2) is 10.6. The Bertz CT molecular complexity index is 1580. The van der Waals surface area contributed by atoms with E-state index in [0.29, 0.717) is 22.6 Å². The molecule has 0 fully saturated rings. The zero-order valence-corrected chi connectivity index (χ0v) is 22.8.